The van der Waals surface area contributed by atoms with Crippen molar-refractivity contribution in [3.63, 3.8) is 0 Å². The highest BCUT2D eigenvalue weighted by Gasteiger charge is 2.23. The second kappa shape index (κ2) is 7.14. The zero-order chi connectivity index (χ0) is 12.0. The number of piperazine rings is 1. The number of carbonyl (C=O) groups excluding carboxylic acids is 1. The van der Waals surface area contributed by atoms with Crippen LogP contribution >= 0.6 is 11.8 Å². The van der Waals surface area contributed by atoms with E-state index >= 15 is 0 Å². The summed E-state index contributed by atoms with van der Waals surface area (Å²) in [6, 6.07) is 0. The topological polar surface area (TPSA) is 52.6 Å². The molecule has 0 aromatic carbocycles. The Morgan fingerprint density at radius 3 is 2.62 bits per heavy atom. The first kappa shape index (κ1) is 13.8. The molecule has 1 aliphatic heterocycles. The first-order valence-corrected chi connectivity index (χ1v) is 6.85. The van der Waals surface area contributed by atoms with Gasteiger partial charge in [0.05, 0.1) is 5.25 Å². The second-order valence-electron chi connectivity index (χ2n) is 4.18. The van der Waals surface area contributed by atoms with Crippen LogP contribution in [0.4, 0.5) is 0 Å². The number of hydrogen-bond donors (Lipinski definition) is 2. The Labute approximate surface area is 102 Å². The van der Waals surface area contributed by atoms with Crippen molar-refractivity contribution in [1.82, 2.24) is 10.2 Å². The van der Waals surface area contributed by atoms with Crippen LogP contribution < -0.4 is 5.32 Å². The van der Waals surface area contributed by atoms with Crippen LogP contribution in [0.2, 0.25) is 0 Å². The molecule has 0 aliphatic carbocycles. The molecule has 1 rings (SSSR count). The van der Waals surface area contributed by atoms with Crippen molar-refractivity contribution in [2.45, 2.75) is 30.8 Å². The molecule has 0 radical (unpaired) electrons. The number of amides is 1. The van der Waals surface area contributed by atoms with Crippen LogP contribution in [0.25, 0.3) is 0 Å². The van der Waals surface area contributed by atoms with Crippen molar-refractivity contribution >= 4 is 17.7 Å². The number of thioether (sulfide) groups is 1. The Kier molecular flexibility index (Phi) is 6.16. The molecule has 16 heavy (non-hydrogen) atoms. The van der Waals surface area contributed by atoms with Crippen molar-refractivity contribution < 1.29 is 9.90 Å². The smallest absolute Gasteiger partial charge is 0.235 e. The van der Waals surface area contributed by atoms with E-state index in [0.717, 1.165) is 32.6 Å². The van der Waals surface area contributed by atoms with Gasteiger partial charge < -0.3 is 15.3 Å². The van der Waals surface area contributed by atoms with Gasteiger partial charge in [-0.05, 0) is 13.3 Å². The fourth-order valence-electron chi connectivity index (χ4n) is 1.80. The third-order valence-electron chi connectivity index (χ3n) is 2.75. The van der Waals surface area contributed by atoms with Crippen LogP contribution in [-0.4, -0.2) is 59.2 Å². The number of hydrogen-bond acceptors (Lipinski definition) is 4. The lowest BCUT2D eigenvalue weighted by Crippen LogP contribution is -2.48. The first-order valence-electron chi connectivity index (χ1n) is 5.91. The van der Waals surface area contributed by atoms with Crippen molar-refractivity contribution in [3.8, 4) is 0 Å². The minimum Gasteiger partial charge on any atom is -0.396 e. The lowest BCUT2D eigenvalue weighted by molar-refractivity contribution is -0.130. The van der Waals surface area contributed by atoms with E-state index in [9.17, 15) is 4.79 Å². The summed E-state index contributed by atoms with van der Waals surface area (Å²) in [5, 5.41) is 12.4. The lowest BCUT2D eigenvalue weighted by atomic mass is 10.3. The summed E-state index contributed by atoms with van der Waals surface area (Å²) in [5.41, 5.74) is 0. The lowest BCUT2D eigenvalue weighted by Gasteiger charge is -2.30. The summed E-state index contributed by atoms with van der Waals surface area (Å²) < 4.78 is 0. The summed E-state index contributed by atoms with van der Waals surface area (Å²) in [4.78, 5) is 14.0. The van der Waals surface area contributed by atoms with E-state index in [1.807, 2.05) is 11.8 Å². The molecule has 0 aromatic rings. The molecule has 2 N–H and O–H groups in total. The summed E-state index contributed by atoms with van der Waals surface area (Å²) in [7, 11) is 0. The SMILES string of the molecule is CC(CCO)SC(C)C(=O)N1CCNCC1. The van der Waals surface area contributed by atoms with E-state index in [1.54, 1.807) is 11.8 Å². The third kappa shape index (κ3) is 4.31. The second-order valence-corrected chi connectivity index (χ2v) is 5.96. The number of aliphatic hydroxyl groups excluding tert-OH is 1. The Bertz CT molecular complexity index is 220. The molecule has 1 heterocycles. The molecule has 0 saturated carbocycles. The predicted molar refractivity (Wildman–Crippen MR) is 67.7 cm³/mol. The highest BCUT2D eigenvalue weighted by molar-refractivity contribution is 8.01. The molecule has 0 spiro atoms. The van der Waals surface area contributed by atoms with Gasteiger partial charge in [-0.2, -0.15) is 0 Å². The molecule has 1 fully saturated rings. The first-order chi connectivity index (χ1) is 7.65. The molecular weight excluding hydrogens is 224 g/mol. The molecule has 1 amide bonds. The molecule has 5 heteroatoms. The molecular formula is C11H22N2O2S. The monoisotopic (exact) mass is 246 g/mol. The van der Waals surface area contributed by atoms with Gasteiger partial charge in [0.2, 0.25) is 5.91 Å². The van der Waals surface area contributed by atoms with Gasteiger partial charge in [-0.25, -0.2) is 0 Å². The molecule has 2 atom stereocenters. The van der Waals surface area contributed by atoms with Crippen LogP contribution in [0.1, 0.15) is 20.3 Å². The van der Waals surface area contributed by atoms with Gasteiger partial charge in [0.15, 0.2) is 0 Å². The maximum atomic E-state index is 12.1. The van der Waals surface area contributed by atoms with E-state index in [2.05, 4.69) is 12.2 Å². The van der Waals surface area contributed by atoms with Crippen LogP contribution in [0.5, 0.6) is 0 Å². The average Bonchev–Trinajstić information content (AvgIpc) is 2.29. The highest BCUT2D eigenvalue weighted by Crippen LogP contribution is 2.21. The van der Waals surface area contributed by atoms with Gasteiger partial charge in [0.1, 0.15) is 0 Å². The molecule has 1 saturated heterocycles. The summed E-state index contributed by atoms with van der Waals surface area (Å²) in [6.45, 7) is 7.65. The van der Waals surface area contributed by atoms with Crippen molar-refractivity contribution in [1.29, 1.82) is 0 Å². The van der Waals surface area contributed by atoms with Crippen LogP contribution in [0.3, 0.4) is 0 Å². The van der Waals surface area contributed by atoms with Gasteiger partial charge in [0, 0.05) is 38.0 Å². The number of aliphatic hydroxyl groups is 1. The molecule has 0 bridgehead atoms. The predicted octanol–water partition coefficient (Wildman–Crippen LogP) is 0.311. The highest BCUT2D eigenvalue weighted by atomic mass is 32.2. The van der Waals surface area contributed by atoms with Crippen molar-refractivity contribution in [2.75, 3.05) is 32.8 Å². The fourth-order valence-corrected chi connectivity index (χ4v) is 3.00. The average molecular weight is 246 g/mol. The van der Waals surface area contributed by atoms with Crippen LogP contribution in [0.15, 0.2) is 0 Å². The molecule has 2 unspecified atom stereocenters. The Balaban J connectivity index is 2.34. The number of nitrogens with zero attached hydrogens (tertiary/aromatic N) is 1. The quantitative estimate of drug-likeness (QED) is 0.733. The van der Waals surface area contributed by atoms with Crippen LogP contribution in [0, 0.1) is 0 Å². The zero-order valence-electron chi connectivity index (χ0n) is 10.1. The number of carbonyl (C=O) groups is 1. The number of nitrogens with one attached hydrogen (secondary N) is 1. The standard InChI is InChI=1S/C11H22N2O2S/c1-9(3-8-14)16-10(2)11(15)13-6-4-12-5-7-13/h9-10,12,14H,3-8H2,1-2H3. The Morgan fingerprint density at radius 1 is 1.44 bits per heavy atom. The maximum absolute atomic E-state index is 12.1. The minimum atomic E-state index is -0.000324. The number of rotatable bonds is 5. The summed E-state index contributed by atoms with van der Waals surface area (Å²) in [5.74, 6) is 0.233. The van der Waals surface area contributed by atoms with Crippen LogP contribution in [-0.2, 0) is 4.79 Å². The molecule has 0 aromatic heterocycles. The molecule has 94 valence electrons. The van der Waals surface area contributed by atoms with Crippen molar-refractivity contribution in [2.24, 2.45) is 0 Å². The Hall–Kier alpha value is -0.260. The Morgan fingerprint density at radius 2 is 2.06 bits per heavy atom. The van der Waals surface area contributed by atoms with E-state index in [1.165, 1.54) is 0 Å². The summed E-state index contributed by atoms with van der Waals surface area (Å²) >= 11 is 1.65. The normalized spacial score (nSPS) is 20.6. The van der Waals surface area contributed by atoms with Gasteiger partial charge in [0.25, 0.3) is 0 Å². The third-order valence-corrected chi connectivity index (χ3v) is 4.06. The van der Waals surface area contributed by atoms with Gasteiger partial charge in [-0.3, -0.25) is 4.79 Å². The van der Waals surface area contributed by atoms with Gasteiger partial charge in [-0.15, -0.1) is 11.8 Å². The minimum absolute atomic E-state index is 0.000324. The largest absolute Gasteiger partial charge is 0.396 e. The molecule has 1 aliphatic rings. The maximum Gasteiger partial charge on any atom is 0.235 e. The van der Waals surface area contributed by atoms with E-state index < -0.39 is 0 Å². The van der Waals surface area contributed by atoms with Gasteiger partial charge >= 0.3 is 0 Å². The van der Waals surface area contributed by atoms with E-state index in [-0.39, 0.29) is 17.8 Å². The zero-order valence-corrected chi connectivity index (χ0v) is 10.9. The van der Waals surface area contributed by atoms with E-state index in [4.69, 9.17) is 5.11 Å². The summed E-state index contributed by atoms with van der Waals surface area (Å²) in [6.07, 6.45) is 0.754. The van der Waals surface area contributed by atoms with Crippen molar-refractivity contribution in [3.05, 3.63) is 0 Å². The molecule has 4 nitrogen and oxygen atoms in total. The van der Waals surface area contributed by atoms with Gasteiger partial charge in [-0.1, -0.05) is 6.92 Å². The fraction of sp³-hybridized carbons (Fsp3) is 0.909. The van der Waals surface area contributed by atoms with E-state index in [0.29, 0.717) is 5.25 Å².